The van der Waals surface area contributed by atoms with Crippen molar-refractivity contribution in [3.05, 3.63) is 59.7 Å². The smallest absolute Gasteiger partial charge is 0.222 e. The van der Waals surface area contributed by atoms with Crippen molar-refractivity contribution in [3.8, 4) is 11.5 Å². The van der Waals surface area contributed by atoms with Gasteiger partial charge in [0.2, 0.25) is 5.91 Å². The quantitative estimate of drug-likeness (QED) is 0.599. The van der Waals surface area contributed by atoms with Crippen molar-refractivity contribution in [1.29, 1.82) is 0 Å². The van der Waals surface area contributed by atoms with Crippen LogP contribution < -0.4 is 9.47 Å². The Morgan fingerprint density at radius 2 is 1.63 bits per heavy atom. The van der Waals surface area contributed by atoms with Crippen LogP contribution in [-0.2, 0) is 11.2 Å². The third-order valence-corrected chi connectivity index (χ3v) is 4.50. The highest BCUT2D eigenvalue weighted by atomic mass is 16.5. The molecule has 0 fully saturated rings. The molecule has 1 amide bonds. The van der Waals surface area contributed by atoms with E-state index in [1.54, 1.807) is 38.3 Å². The molecule has 27 heavy (non-hydrogen) atoms. The van der Waals surface area contributed by atoms with Gasteiger partial charge in [0.1, 0.15) is 0 Å². The van der Waals surface area contributed by atoms with E-state index < -0.39 is 0 Å². The van der Waals surface area contributed by atoms with Gasteiger partial charge in [-0.2, -0.15) is 0 Å². The van der Waals surface area contributed by atoms with Gasteiger partial charge in [0, 0.05) is 32.0 Å². The van der Waals surface area contributed by atoms with Crippen LogP contribution in [0.1, 0.15) is 35.2 Å². The van der Waals surface area contributed by atoms with Crippen LogP contribution in [0.5, 0.6) is 11.5 Å². The van der Waals surface area contributed by atoms with Gasteiger partial charge in [-0.15, -0.1) is 0 Å². The third kappa shape index (κ3) is 6.13. The molecule has 0 aliphatic rings. The lowest BCUT2D eigenvalue weighted by Crippen LogP contribution is -2.28. The van der Waals surface area contributed by atoms with Crippen molar-refractivity contribution in [3.63, 3.8) is 0 Å². The van der Waals surface area contributed by atoms with Crippen molar-refractivity contribution < 1.29 is 19.1 Å². The lowest BCUT2D eigenvalue weighted by atomic mass is 10.1. The minimum absolute atomic E-state index is 0.0522. The zero-order valence-corrected chi connectivity index (χ0v) is 16.2. The normalized spacial score (nSPS) is 10.3. The number of amides is 1. The van der Waals surface area contributed by atoms with Crippen LogP contribution in [0.2, 0.25) is 0 Å². The second-order valence-corrected chi connectivity index (χ2v) is 6.40. The van der Waals surface area contributed by atoms with E-state index in [0.717, 1.165) is 12.0 Å². The molecule has 0 atom stereocenters. The van der Waals surface area contributed by atoms with Gasteiger partial charge in [-0.25, -0.2) is 0 Å². The van der Waals surface area contributed by atoms with E-state index in [1.165, 1.54) is 0 Å². The second kappa shape index (κ2) is 10.4. The molecule has 0 aliphatic carbocycles. The number of ether oxygens (including phenoxy) is 2. The van der Waals surface area contributed by atoms with Crippen LogP contribution >= 0.6 is 0 Å². The summed E-state index contributed by atoms with van der Waals surface area (Å²) in [4.78, 5) is 26.1. The van der Waals surface area contributed by atoms with E-state index >= 15 is 0 Å². The molecule has 0 aromatic heterocycles. The van der Waals surface area contributed by atoms with Crippen LogP contribution in [0.3, 0.4) is 0 Å². The Balaban J connectivity index is 1.76. The number of carbonyl (C=O) groups is 2. The molecule has 144 valence electrons. The molecule has 0 spiro atoms. The standard InChI is InChI=1S/C22H27NO4/c1-23(15-14-17-12-13-20(26-2)21(16-17)27-3)22(25)11-7-10-19(24)18-8-5-4-6-9-18/h4-6,8-9,12-13,16H,7,10-11,14-15H2,1-3H3. The summed E-state index contributed by atoms with van der Waals surface area (Å²) in [5.74, 6) is 1.50. The molecule has 0 bridgehead atoms. The number of nitrogens with zero attached hydrogens (tertiary/aromatic N) is 1. The number of hydrogen-bond acceptors (Lipinski definition) is 4. The monoisotopic (exact) mass is 369 g/mol. The molecular formula is C22H27NO4. The molecule has 0 N–H and O–H groups in total. The third-order valence-electron chi connectivity index (χ3n) is 4.50. The number of Topliss-reactive ketones (excluding diaryl/α,β-unsaturated/α-hetero) is 1. The van der Waals surface area contributed by atoms with Crippen molar-refractivity contribution in [2.24, 2.45) is 0 Å². The number of benzene rings is 2. The molecule has 5 heteroatoms. The molecule has 2 rings (SSSR count). The Kier molecular flexibility index (Phi) is 7.86. The highest BCUT2D eigenvalue weighted by Gasteiger charge is 2.12. The fraction of sp³-hybridized carbons (Fsp3) is 0.364. The fourth-order valence-corrected chi connectivity index (χ4v) is 2.82. The lowest BCUT2D eigenvalue weighted by molar-refractivity contribution is -0.129. The molecule has 0 radical (unpaired) electrons. The van der Waals surface area contributed by atoms with Crippen LogP contribution in [0.15, 0.2) is 48.5 Å². The minimum atomic E-state index is 0.0522. The first kappa shape index (κ1) is 20.5. The van der Waals surface area contributed by atoms with Crippen molar-refractivity contribution in [2.45, 2.75) is 25.7 Å². The average molecular weight is 369 g/mol. The SMILES string of the molecule is COc1ccc(CCN(C)C(=O)CCCC(=O)c2ccccc2)cc1OC. The van der Waals surface area contributed by atoms with Gasteiger partial charge in [-0.1, -0.05) is 36.4 Å². The van der Waals surface area contributed by atoms with E-state index in [2.05, 4.69) is 0 Å². The maximum Gasteiger partial charge on any atom is 0.222 e. The molecule has 0 saturated carbocycles. The van der Waals surface area contributed by atoms with Crippen LogP contribution in [0, 0.1) is 0 Å². The van der Waals surface area contributed by atoms with E-state index in [4.69, 9.17) is 9.47 Å². The summed E-state index contributed by atoms with van der Waals surface area (Å²) in [6, 6.07) is 15.0. The largest absolute Gasteiger partial charge is 0.493 e. The topological polar surface area (TPSA) is 55.8 Å². The highest BCUT2D eigenvalue weighted by Crippen LogP contribution is 2.27. The van der Waals surface area contributed by atoms with Crippen molar-refractivity contribution in [2.75, 3.05) is 27.8 Å². The van der Waals surface area contributed by atoms with E-state index in [9.17, 15) is 9.59 Å². The van der Waals surface area contributed by atoms with Crippen molar-refractivity contribution >= 4 is 11.7 Å². The summed E-state index contributed by atoms with van der Waals surface area (Å²) in [5, 5.41) is 0. The van der Waals surface area contributed by atoms with Gasteiger partial charge < -0.3 is 14.4 Å². The zero-order chi connectivity index (χ0) is 19.6. The number of hydrogen-bond donors (Lipinski definition) is 0. The van der Waals surface area contributed by atoms with Crippen LogP contribution in [-0.4, -0.2) is 44.4 Å². The Morgan fingerprint density at radius 1 is 0.926 bits per heavy atom. The predicted octanol–water partition coefficient (Wildman–Crippen LogP) is 3.76. The Morgan fingerprint density at radius 3 is 2.30 bits per heavy atom. The van der Waals surface area contributed by atoms with Crippen LogP contribution in [0.4, 0.5) is 0 Å². The minimum Gasteiger partial charge on any atom is -0.493 e. The fourth-order valence-electron chi connectivity index (χ4n) is 2.82. The number of carbonyl (C=O) groups excluding carboxylic acids is 2. The summed E-state index contributed by atoms with van der Waals surface area (Å²) in [6.45, 7) is 0.612. The number of ketones is 1. The number of methoxy groups -OCH3 is 2. The summed E-state index contributed by atoms with van der Waals surface area (Å²) in [6.07, 6.45) is 2.05. The maximum absolute atomic E-state index is 12.3. The molecule has 2 aromatic rings. The van der Waals surface area contributed by atoms with E-state index in [0.29, 0.717) is 42.9 Å². The molecule has 0 aliphatic heterocycles. The lowest BCUT2D eigenvalue weighted by Gasteiger charge is -2.17. The molecular weight excluding hydrogens is 342 g/mol. The van der Waals surface area contributed by atoms with Gasteiger partial charge in [-0.05, 0) is 30.5 Å². The van der Waals surface area contributed by atoms with Gasteiger partial charge >= 0.3 is 0 Å². The zero-order valence-electron chi connectivity index (χ0n) is 16.2. The summed E-state index contributed by atoms with van der Waals surface area (Å²) >= 11 is 0. The molecule has 0 unspecified atom stereocenters. The number of rotatable bonds is 10. The Bertz CT molecular complexity index is 758. The van der Waals surface area contributed by atoms with Crippen LogP contribution in [0.25, 0.3) is 0 Å². The van der Waals surface area contributed by atoms with Gasteiger partial charge in [0.25, 0.3) is 0 Å². The predicted molar refractivity (Wildman–Crippen MR) is 106 cm³/mol. The Labute approximate surface area is 160 Å². The number of likely N-dealkylation sites (N-methyl/N-ethyl adjacent to an activating group) is 1. The second-order valence-electron chi connectivity index (χ2n) is 6.40. The summed E-state index contributed by atoms with van der Waals surface area (Å²) in [5.41, 5.74) is 1.78. The first-order valence-electron chi connectivity index (χ1n) is 9.08. The van der Waals surface area contributed by atoms with E-state index in [1.807, 2.05) is 36.4 Å². The molecule has 0 saturated heterocycles. The van der Waals surface area contributed by atoms with Gasteiger partial charge in [0.05, 0.1) is 14.2 Å². The Hall–Kier alpha value is -2.82. The molecule has 5 nitrogen and oxygen atoms in total. The van der Waals surface area contributed by atoms with Gasteiger partial charge in [-0.3, -0.25) is 9.59 Å². The van der Waals surface area contributed by atoms with Gasteiger partial charge in [0.15, 0.2) is 17.3 Å². The summed E-state index contributed by atoms with van der Waals surface area (Å²) < 4.78 is 10.5. The first-order chi connectivity index (χ1) is 13.0. The van der Waals surface area contributed by atoms with Crippen molar-refractivity contribution in [1.82, 2.24) is 4.90 Å². The molecule has 0 heterocycles. The highest BCUT2D eigenvalue weighted by molar-refractivity contribution is 5.96. The molecule has 2 aromatic carbocycles. The first-order valence-corrected chi connectivity index (χ1v) is 9.08. The van der Waals surface area contributed by atoms with E-state index in [-0.39, 0.29) is 11.7 Å². The average Bonchev–Trinajstić information content (AvgIpc) is 2.72. The maximum atomic E-state index is 12.3. The summed E-state index contributed by atoms with van der Waals surface area (Å²) in [7, 11) is 5.00.